The smallest absolute Gasteiger partial charge is 0.410 e. The summed E-state index contributed by atoms with van der Waals surface area (Å²) in [6.07, 6.45) is 4.86. The van der Waals surface area contributed by atoms with Crippen LogP contribution in [0, 0.1) is 0 Å². The molecular formula is C18H27N3O2. The van der Waals surface area contributed by atoms with E-state index in [1.165, 1.54) is 0 Å². The Balaban J connectivity index is 2.08. The first-order chi connectivity index (χ1) is 10.7. The molecule has 0 spiro atoms. The molecular weight excluding hydrogens is 290 g/mol. The van der Waals surface area contributed by atoms with Gasteiger partial charge in [-0.2, -0.15) is 5.10 Å². The Hall–Kier alpha value is -2.04. The number of likely N-dealkylation sites (tertiary alicyclic amines) is 1. The maximum atomic E-state index is 12.0. The number of nitrogens with zero attached hydrogens (tertiary/aromatic N) is 2. The predicted octanol–water partition coefficient (Wildman–Crippen LogP) is 4.20. The fourth-order valence-corrected chi connectivity index (χ4v) is 2.60. The zero-order valence-electron chi connectivity index (χ0n) is 14.8. The molecule has 23 heavy (non-hydrogen) atoms. The number of hydrogen-bond donors (Lipinski definition) is 1. The monoisotopic (exact) mass is 317 g/mol. The third kappa shape index (κ3) is 4.03. The van der Waals surface area contributed by atoms with Crippen molar-refractivity contribution in [2.24, 2.45) is 0 Å². The van der Waals surface area contributed by atoms with E-state index in [0.29, 0.717) is 13.1 Å². The number of allylic oxidation sites excluding steroid dienone is 2. The van der Waals surface area contributed by atoms with Gasteiger partial charge in [-0.3, -0.25) is 5.10 Å². The lowest BCUT2D eigenvalue weighted by atomic mass is 9.91. The van der Waals surface area contributed by atoms with E-state index in [9.17, 15) is 4.79 Å². The van der Waals surface area contributed by atoms with Crippen LogP contribution in [0.4, 0.5) is 4.79 Å². The standard InChI is InChI=1S/C18H27N3O2/c1-7-8-9-14-15(12(2)3)16(20-19-14)13-10-21(11-13)17(22)23-18(4,5)6/h8-9,13H,2,7,10-11H2,1,3-6H3,(H,19,20)/b9-8-. The van der Waals surface area contributed by atoms with Crippen molar-refractivity contribution < 1.29 is 9.53 Å². The highest BCUT2D eigenvalue weighted by Gasteiger charge is 2.37. The van der Waals surface area contributed by atoms with Gasteiger partial charge < -0.3 is 9.64 Å². The first-order valence-corrected chi connectivity index (χ1v) is 8.11. The molecule has 0 unspecified atom stereocenters. The highest BCUT2D eigenvalue weighted by Crippen LogP contribution is 2.33. The lowest BCUT2D eigenvalue weighted by Gasteiger charge is -2.39. The number of rotatable bonds is 4. The summed E-state index contributed by atoms with van der Waals surface area (Å²) in [5.74, 6) is 0.231. The number of H-pyrrole nitrogens is 1. The van der Waals surface area contributed by atoms with Crippen molar-refractivity contribution in [2.45, 2.75) is 52.6 Å². The number of hydrogen-bond acceptors (Lipinski definition) is 3. The topological polar surface area (TPSA) is 58.2 Å². The fraction of sp³-hybridized carbons (Fsp3) is 0.556. The van der Waals surface area contributed by atoms with E-state index < -0.39 is 5.60 Å². The van der Waals surface area contributed by atoms with Gasteiger partial charge in [0.2, 0.25) is 0 Å². The second kappa shape index (κ2) is 6.60. The van der Waals surface area contributed by atoms with E-state index in [2.05, 4.69) is 29.8 Å². The first-order valence-electron chi connectivity index (χ1n) is 8.11. The Kier molecular flexibility index (Phi) is 4.97. The van der Waals surface area contributed by atoms with Crippen LogP contribution in [-0.4, -0.2) is 39.9 Å². The number of carbonyl (C=O) groups is 1. The molecule has 0 aromatic carbocycles. The van der Waals surface area contributed by atoms with E-state index in [0.717, 1.165) is 28.9 Å². The van der Waals surface area contributed by atoms with Crippen LogP contribution in [0.2, 0.25) is 0 Å². The molecule has 1 aliphatic heterocycles. The summed E-state index contributed by atoms with van der Waals surface area (Å²) >= 11 is 0. The van der Waals surface area contributed by atoms with Crippen molar-refractivity contribution in [3.63, 3.8) is 0 Å². The Morgan fingerprint density at radius 3 is 2.65 bits per heavy atom. The van der Waals surface area contributed by atoms with Gasteiger partial charge in [0.15, 0.2) is 0 Å². The summed E-state index contributed by atoms with van der Waals surface area (Å²) in [5.41, 5.74) is 3.58. The van der Waals surface area contributed by atoms with Gasteiger partial charge in [0.25, 0.3) is 0 Å². The summed E-state index contributed by atoms with van der Waals surface area (Å²) in [4.78, 5) is 13.7. The largest absolute Gasteiger partial charge is 0.444 e. The molecule has 1 aliphatic rings. The summed E-state index contributed by atoms with van der Waals surface area (Å²) in [5, 5.41) is 7.55. The van der Waals surface area contributed by atoms with Gasteiger partial charge >= 0.3 is 6.09 Å². The van der Waals surface area contributed by atoms with E-state index in [4.69, 9.17) is 4.74 Å². The summed E-state index contributed by atoms with van der Waals surface area (Å²) in [6.45, 7) is 15.1. The van der Waals surface area contributed by atoms with Gasteiger partial charge in [0, 0.05) is 24.6 Å². The van der Waals surface area contributed by atoms with Crippen LogP contribution in [0.25, 0.3) is 11.6 Å². The summed E-state index contributed by atoms with van der Waals surface area (Å²) < 4.78 is 5.39. The summed E-state index contributed by atoms with van der Waals surface area (Å²) in [6, 6.07) is 0. The van der Waals surface area contributed by atoms with Gasteiger partial charge in [0.1, 0.15) is 5.60 Å². The molecule has 5 nitrogen and oxygen atoms in total. The van der Waals surface area contributed by atoms with Crippen molar-refractivity contribution in [1.82, 2.24) is 15.1 Å². The molecule has 2 rings (SSSR count). The lowest BCUT2D eigenvalue weighted by molar-refractivity contribution is 0.00785. The third-order valence-electron chi connectivity index (χ3n) is 3.69. The molecule has 126 valence electrons. The van der Waals surface area contributed by atoms with Gasteiger partial charge in [-0.15, -0.1) is 0 Å². The van der Waals surface area contributed by atoms with E-state index in [-0.39, 0.29) is 12.0 Å². The minimum Gasteiger partial charge on any atom is -0.444 e. The van der Waals surface area contributed by atoms with Crippen molar-refractivity contribution >= 4 is 17.7 Å². The Bertz CT molecular complexity index is 617. The second-order valence-electron chi connectivity index (χ2n) is 7.07. The van der Waals surface area contributed by atoms with E-state index in [1.54, 1.807) is 4.90 Å². The zero-order valence-corrected chi connectivity index (χ0v) is 14.8. The number of carbonyl (C=O) groups excluding carboxylic acids is 1. The molecule has 0 radical (unpaired) electrons. The Labute approximate surface area is 138 Å². The minimum atomic E-state index is -0.463. The van der Waals surface area contributed by atoms with Crippen LogP contribution in [0.3, 0.4) is 0 Å². The van der Waals surface area contributed by atoms with Crippen molar-refractivity contribution in [1.29, 1.82) is 0 Å². The van der Waals surface area contributed by atoms with Gasteiger partial charge in [-0.05, 0) is 45.8 Å². The molecule has 1 N–H and O–H groups in total. The normalized spacial score (nSPS) is 15.8. The molecule has 1 saturated heterocycles. The highest BCUT2D eigenvalue weighted by atomic mass is 16.6. The minimum absolute atomic E-state index is 0.231. The van der Waals surface area contributed by atoms with E-state index in [1.807, 2.05) is 33.8 Å². The van der Waals surface area contributed by atoms with Crippen molar-refractivity contribution in [2.75, 3.05) is 13.1 Å². The average molecular weight is 317 g/mol. The van der Waals surface area contributed by atoms with E-state index >= 15 is 0 Å². The van der Waals surface area contributed by atoms with Crippen LogP contribution >= 0.6 is 0 Å². The van der Waals surface area contributed by atoms with Crippen LogP contribution in [0.15, 0.2) is 12.7 Å². The highest BCUT2D eigenvalue weighted by molar-refractivity contribution is 5.73. The quantitative estimate of drug-likeness (QED) is 0.905. The molecule has 1 fully saturated rings. The molecule has 0 bridgehead atoms. The van der Waals surface area contributed by atoms with Crippen molar-refractivity contribution in [3.05, 3.63) is 29.6 Å². The summed E-state index contributed by atoms with van der Waals surface area (Å²) in [7, 11) is 0. The van der Waals surface area contributed by atoms with Crippen LogP contribution in [-0.2, 0) is 4.74 Å². The SMILES string of the molecule is C=C(C)c1c(C2CN(C(=O)OC(C)(C)C)C2)n[nH]c1/C=C\CC. The van der Waals surface area contributed by atoms with Crippen molar-refractivity contribution in [3.8, 4) is 0 Å². The van der Waals surface area contributed by atoms with Gasteiger partial charge in [-0.25, -0.2) is 4.79 Å². The van der Waals surface area contributed by atoms with Crippen LogP contribution < -0.4 is 0 Å². The maximum Gasteiger partial charge on any atom is 0.410 e. The molecule has 2 heterocycles. The molecule has 0 atom stereocenters. The number of ether oxygens (including phenoxy) is 1. The lowest BCUT2D eigenvalue weighted by Crippen LogP contribution is -2.50. The third-order valence-corrected chi connectivity index (χ3v) is 3.69. The Morgan fingerprint density at radius 2 is 2.13 bits per heavy atom. The zero-order chi connectivity index (χ0) is 17.2. The molecule has 1 amide bonds. The molecule has 5 heteroatoms. The van der Waals surface area contributed by atoms with Crippen LogP contribution in [0.5, 0.6) is 0 Å². The first kappa shape index (κ1) is 17.3. The van der Waals surface area contributed by atoms with Gasteiger partial charge in [0.05, 0.1) is 11.4 Å². The molecule has 1 aromatic heterocycles. The van der Waals surface area contributed by atoms with Gasteiger partial charge in [-0.1, -0.05) is 19.6 Å². The fourth-order valence-electron chi connectivity index (χ4n) is 2.60. The predicted molar refractivity (Wildman–Crippen MR) is 93.2 cm³/mol. The number of amides is 1. The van der Waals surface area contributed by atoms with Crippen LogP contribution in [0.1, 0.15) is 63.9 Å². The Morgan fingerprint density at radius 1 is 1.48 bits per heavy atom. The molecule has 0 aliphatic carbocycles. The molecule has 0 saturated carbocycles. The number of nitrogens with one attached hydrogen (secondary N) is 1. The second-order valence-corrected chi connectivity index (χ2v) is 7.07. The number of aromatic nitrogens is 2. The molecule has 1 aromatic rings. The number of aromatic amines is 1. The average Bonchev–Trinajstić information content (AvgIpc) is 2.76. The maximum absolute atomic E-state index is 12.0.